The SMILES string of the molecule is CCNC(=NCC1CCCOC1C(C)(C)C)NCCC(=O)NC(C)C. The van der Waals surface area contributed by atoms with Crippen molar-refractivity contribution < 1.29 is 9.53 Å². The number of carbonyl (C=O) groups is 1. The van der Waals surface area contributed by atoms with Gasteiger partial charge < -0.3 is 20.7 Å². The van der Waals surface area contributed by atoms with Crippen LogP contribution in [0.2, 0.25) is 0 Å². The summed E-state index contributed by atoms with van der Waals surface area (Å²) < 4.78 is 6.03. The zero-order valence-electron chi connectivity index (χ0n) is 16.9. The number of amides is 1. The molecule has 0 aromatic rings. The lowest BCUT2D eigenvalue weighted by Crippen LogP contribution is -2.43. The molecule has 146 valence electrons. The maximum atomic E-state index is 11.7. The van der Waals surface area contributed by atoms with E-state index in [1.165, 1.54) is 0 Å². The minimum atomic E-state index is 0.0619. The fourth-order valence-electron chi connectivity index (χ4n) is 3.23. The van der Waals surface area contributed by atoms with Crippen molar-refractivity contribution in [1.82, 2.24) is 16.0 Å². The van der Waals surface area contributed by atoms with E-state index < -0.39 is 0 Å². The van der Waals surface area contributed by atoms with E-state index in [-0.39, 0.29) is 23.5 Å². The summed E-state index contributed by atoms with van der Waals surface area (Å²) in [5, 5.41) is 9.41. The first-order valence-corrected chi connectivity index (χ1v) is 9.67. The molecule has 2 atom stereocenters. The summed E-state index contributed by atoms with van der Waals surface area (Å²) in [5.74, 6) is 1.28. The molecule has 0 radical (unpaired) electrons. The van der Waals surface area contributed by atoms with Gasteiger partial charge in [-0.15, -0.1) is 0 Å². The summed E-state index contributed by atoms with van der Waals surface area (Å²) in [6.45, 7) is 15.7. The van der Waals surface area contributed by atoms with Gasteiger partial charge in [0, 0.05) is 44.6 Å². The zero-order chi connectivity index (χ0) is 18.9. The van der Waals surface area contributed by atoms with E-state index in [1.54, 1.807) is 0 Å². The van der Waals surface area contributed by atoms with E-state index in [1.807, 2.05) is 20.8 Å². The maximum absolute atomic E-state index is 11.7. The minimum absolute atomic E-state index is 0.0619. The standard InChI is InChI=1S/C19H38N4O2/c1-7-20-18(21-11-10-16(24)23-14(2)3)22-13-15-9-8-12-25-17(15)19(4,5)6/h14-15,17H,7-13H2,1-6H3,(H,23,24)(H2,20,21,22). The van der Waals surface area contributed by atoms with Crippen molar-refractivity contribution in [2.45, 2.75) is 73.0 Å². The molecule has 6 heteroatoms. The molecule has 0 bridgehead atoms. The summed E-state index contributed by atoms with van der Waals surface area (Å²) in [4.78, 5) is 16.5. The third-order valence-corrected chi connectivity index (χ3v) is 4.22. The normalized spacial score (nSPS) is 22.0. The maximum Gasteiger partial charge on any atom is 0.221 e. The molecule has 0 spiro atoms. The van der Waals surface area contributed by atoms with Crippen LogP contribution in [0.25, 0.3) is 0 Å². The number of guanidine groups is 1. The number of aliphatic imine (C=N–C) groups is 1. The molecule has 6 nitrogen and oxygen atoms in total. The molecule has 0 saturated carbocycles. The number of rotatable bonds is 7. The van der Waals surface area contributed by atoms with Crippen molar-refractivity contribution in [2.24, 2.45) is 16.3 Å². The molecule has 1 amide bonds. The van der Waals surface area contributed by atoms with Crippen molar-refractivity contribution >= 4 is 11.9 Å². The Hall–Kier alpha value is -1.30. The van der Waals surface area contributed by atoms with Gasteiger partial charge in [0.1, 0.15) is 0 Å². The van der Waals surface area contributed by atoms with Crippen molar-refractivity contribution in [2.75, 3.05) is 26.2 Å². The van der Waals surface area contributed by atoms with Crippen LogP contribution in [0.1, 0.15) is 60.8 Å². The van der Waals surface area contributed by atoms with Crippen LogP contribution in [0.3, 0.4) is 0 Å². The van der Waals surface area contributed by atoms with Crippen LogP contribution >= 0.6 is 0 Å². The lowest BCUT2D eigenvalue weighted by molar-refractivity contribution is -0.121. The van der Waals surface area contributed by atoms with Crippen LogP contribution in [0.15, 0.2) is 4.99 Å². The number of nitrogens with zero attached hydrogens (tertiary/aromatic N) is 1. The number of hydrogen-bond donors (Lipinski definition) is 3. The van der Waals surface area contributed by atoms with Crippen LogP contribution in [-0.4, -0.2) is 50.3 Å². The van der Waals surface area contributed by atoms with Crippen molar-refractivity contribution in [3.8, 4) is 0 Å². The Balaban J connectivity index is 2.54. The molecular formula is C19H38N4O2. The predicted molar refractivity (Wildman–Crippen MR) is 104 cm³/mol. The van der Waals surface area contributed by atoms with E-state index in [2.05, 4.69) is 36.7 Å². The topological polar surface area (TPSA) is 74.8 Å². The Kier molecular flexibility index (Phi) is 9.25. The zero-order valence-corrected chi connectivity index (χ0v) is 16.9. The molecule has 3 N–H and O–H groups in total. The highest BCUT2D eigenvalue weighted by Crippen LogP contribution is 2.34. The average molecular weight is 355 g/mol. The van der Waals surface area contributed by atoms with Crippen LogP contribution in [0.5, 0.6) is 0 Å². The molecular weight excluding hydrogens is 316 g/mol. The van der Waals surface area contributed by atoms with E-state index in [0.717, 1.165) is 38.5 Å². The quantitative estimate of drug-likeness (QED) is 0.484. The molecule has 1 aliphatic rings. The summed E-state index contributed by atoms with van der Waals surface area (Å²) in [6, 6.07) is 0.176. The molecule has 2 unspecified atom stereocenters. The average Bonchev–Trinajstić information content (AvgIpc) is 2.51. The van der Waals surface area contributed by atoms with Gasteiger partial charge in [0.05, 0.1) is 6.10 Å². The van der Waals surface area contributed by atoms with Gasteiger partial charge in [-0.25, -0.2) is 0 Å². The van der Waals surface area contributed by atoms with E-state index in [0.29, 0.717) is 18.9 Å². The largest absolute Gasteiger partial charge is 0.377 e. The second kappa shape index (κ2) is 10.6. The van der Waals surface area contributed by atoms with Gasteiger partial charge in [-0.2, -0.15) is 0 Å². The Morgan fingerprint density at radius 2 is 2.00 bits per heavy atom. The van der Waals surface area contributed by atoms with E-state index in [9.17, 15) is 4.79 Å². The van der Waals surface area contributed by atoms with Crippen LogP contribution in [0.4, 0.5) is 0 Å². The summed E-state index contributed by atoms with van der Waals surface area (Å²) in [5.41, 5.74) is 0.126. The predicted octanol–water partition coefficient (Wildman–Crippen LogP) is 2.30. The van der Waals surface area contributed by atoms with Gasteiger partial charge in [0.25, 0.3) is 0 Å². The molecule has 1 saturated heterocycles. The van der Waals surface area contributed by atoms with E-state index >= 15 is 0 Å². The third kappa shape index (κ3) is 8.56. The highest BCUT2D eigenvalue weighted by molar-refractivity contribution is 5.81. The number of nitrogens with one attached hydrogen (secondary N) is 3. The number of hydrogen-bond acceptors (Lipinski definition) is 3. The first kappa shape index (κ1) is 21.7. The summed E-state index contributed by atoms with van der Waals surface area (Å²) in [7, 11) is 0. The summed E-state index contributed by atoms with van der Waals surface area (Å²) >= 11 is 0. The molecule has 1 rings (SSSR count). The van der Waals surface area contributed by atoms with Gasteiger partial charge in [-0.1, -0.05) is 20.8 Å². The molecule has 1 aliphatic heterocycles. The van der Waals surface area contributed by atoms with Crippen LogP contribution in [0, 0.1) is 11.3 Å². The smallest absolute Gasteiger partial charge is 0.221 e. The van der Waals surface area contributed by atoms with Gasteiger partial charge >= 0.3 is 0 Å². The molecule has 1 heterocycles. The van der Waals surface area contributed by atoms with Crippen LogP contribution in [-0.2, 0) is 9.53 Å². The lowest BCUT2D eigenvalue weighted by Gasteiger charge is -2.39. The molecule has 0 aromatic heterocycles. The fraction of sp³-hybridized carbons (Fsp3) is 0.895. The molecule has 1 fully saturated rings. The Bertz CT molecular complexity index is 430. The first-order valence-electron chi connectivity index (χ1n) is 9.67. The van der Waals surface area contributed by atoms with Crippen molar-refractivity contribution in [3.63, 3.8) is 0 Å². The number of ether oxygens (including phenoxy) is 1. The second-order valence-corrected chi connectivity index (χ2v) is 8.18. The van der Waals surface area contributed by atoms with E-state index in [4.69, 9.17) is 9.73 Å². The Morgan fingerprint density at radius 1 is 1.28 bits per heavy atom. The van der Waals surface area contributed by atoms with Gasteiger partial charge in [0.2, 0.25) is 5.91 Å². The monoisotopic (exact) mass is 354 g/mol. The first-order chi connectivity index (χ1) is 11.7. The van der Waals surface area contributed by atoms with Gasteiger partial charge in [0.15, 0.2) is 5.96 Å². The molecule has 0 aromatic carbocycles. The van der Waals surface area contributed by atoms with Crippen molar-refractivity contribution in [3.05, 3.63) is 0 Å². The second-order valence-electron chi connectivity index (χ2n) is 8.18. The molecule has 25 heavy (non-hydrogen) atoms. The van der Waals surface area contributed by atoms with Crippen molar-refractivity contribution in [1.29, 1.82) is 0 Å². The highest BCUT2D eigenvalue weighted by atomic mass is 16.5. The van der Waals surface area contributed by atoms with Gasteiger partial charge in [-0.05, 0) is 39.0 Å². The number of carbonyl (C=O) groups excluding carboxylic acids is 1. The van der Waals surface area contributed by atoms with Gasteiger partial charge in [-0.3, -0.25) is 9.79 Å². The highest BCUT2D eigenvalue weighted by Gasteiger charge is 2.35. The lowest BCUT2D eigenvalue weighted by atomic mass is 9.78. The van der Waals surface area contributed by atoms with Crippen LogP contribution < -0.4 is 16.0 Å². The minimum Gasteiger partial charge on any atom is -0.377 e. The Morgan fingerprint density at radius 3 is 2.60 bits per heavy atom. The molecule has 0 aliphatic carbocycles. The fourth-order valence-corrected chi connectivity index (χ4v) is 3.23. The Labute approximate surface area is 153 Å². The summed E-state index contributed by atoms with van der Waals surface area (Å²) in [6.07, 6.45) is 2.94. The third-order valence-electron chi connectivity index (χ3n) is 4.22.